The third-order valence-corrected chi connectivity index (χ3v) is 4.91. The van der Waals surface area contributed by atoms with E-state index in [1.54, 1.807) is 30.3 Å². The van der Waals surface area contributed by atoms with E-state index < -0.39 is 4.92 Å². The van der Waals surface area contributed by atoms with Gasteiger partial charge in [0.2, 0.25) is 0 Å². The molecule has 0 radical (unpaired) electrons. The summed E-state index contributed by atoms with van der Waals surface area (Å²) in [5.41, 5.74) is 1.53. The number of nitrogens with one attached hydrogen (secondary N) is 1. The molecule has 7 heteroatoms. The molecule has 0 atom stereocenters. The van der Waals surface area contributed by atoms with Crippen molar-refractivity contribution in [3.8, 4) is 0 Å². The molecule has 3 rings (SSSR count). The number of hydrogen-bond donors (Lipinski definition) is 1. The van der Waals surface area contributed by atoms with E-state index in [9.17, 15) is 14.9 Å². The smallest absolute Gasteiger partial charge is 0.270 e. The molecule has 2 aromatic carbocycles. The van der Waals surface area contributed by atoms with Gasteiger partial charge in [0.15, 0.2) is 0 Å². The van der Waals surface area contributed by atoms with Crippen LogP contribution in [0.1, 0.15) is 30.1 Å². The van der Waals surface area contributed by atoms with Crippen LogP contribution in [0.2, 0.25) is 5.02 Å². The zero-order valence-electron chi connectivity index (χ0n) is 14.4. The third kappa shape index (κ3) is 4.14. The van der Waals surface area contributed by atoms with Crippen LogP contribution in [-0.2, 0) is 0 Å². The largest absolute Gasteiger partial charge is 0.371 e. The van der Waals surface area contributed by atoms with Crippen LogP contribution in [0.25, 0.3) is 0 Å². The Bertz CT molecular complexity index is 815. The second kappa shape index (κ2) is 7.74. The Balaban J connectivity index is 1.91. The second-order valence-corrected chi connectivity index (χ2v) is 7.03. The molecule has 1 heterocycles. The normalized spacial score (nSPS) is 14.9. The topological polar surface area (TPSA) is 75.5 Å². The molecular formula is C19H20ClN3O3. The molecule has 2 aromatic rings. The van der Waals surface area contributed by atoms with Crippen molar-refractivity contribution in [2.45, 2.75) is 19.8 Å². The number of benzene rings is 2. The van der Waals surface area contributed by atoms with Gasteiger partial charge in [0.05, 0.1) is 16.2 Å². The first kappa shape index (κ1) is 18.2. The highest BCUT2D eigenvalue weighted by molar-refractivity contribution is 6.30. The summed E-state index contributed by atoms with van der Waals surface area (Å²) in [6.07, 6.45) is 2.07. The number of amides is 1. The highest BCUT2D eigenvalue weighted by atomic mass is 35.5. The number of carbonyl (C=O) groups excluding carboxylic acids is 1. The molecule has 6 nitrogen and oxygen atoms in total. The van der Waals surface area contributed by atoms with Crippen molar-refractivity contribution in [1.82, 2.24) is 0 Å². The standard InChI is InChI=1S/C19H20ClN3O3/c1-13-8-10-22(11-9-13)18-7-6-16(23(25)26)12-17(18)19(24)21-15-4-2-14(20)3-5-15/h2-7,12-13H,8-11H2,1H3,(H,21,24). The molecule has 136 valence electrons. The number of nitro benzene ring substituents is 1. The summed E-state index contributed by atoms with van der Waals surface area (Å²) in [5, 5.41) is 14.5. The fraction of sp³-hybridized carbons (Fsp3) is 0.316. The zero-order valence-corrected chi connectivity index (χ0v) is 15.2. The quantitative estimate of drug-likeness (QED) is 0.620. The van der Waals surface area contributed by atoms with Gasteiger partial charge >= 0.3 is 0 Å². The van der Waals surface area contributed by atoms with Crippen molar-refractivity contribution in [3.05, 3.63) is 63.2 Å². The number of carbonyl (C=O) groups is 1. The monoisotopic (exact) mass is 373 g/mol. The maximum Gasteiger partial charge on any atom is 0.270 e. The van der Waals surface area contributed by atoms with E-state index in [0.717, 1.165) is 31.6 Å². The number of halogens is 1. The molecule has 1 fully saturated rings. The number of nitrogens with zero attached hydrogens (tertiary/aromatic N) is 2. The van der Waals surface area contributed by atoms with Crippen LogP contribution in [0.3, 0.4) is 0 Å². The van der Waals surface area contributed by atoms with Crippen molar-refractivity contribution in [2.75, 3.05) is 23.3 Å². The molecule has 0 bridgehead atoms. The maximum absolute atomic E-state index is 12.8. The fourth-order valence-corrected chi connectivity index (χ4v) is 3.20. The SMILES string of the molecule is CC1CCN(c2ccc([N+](=O)[O-])cc2C(=O)Nc2ccc(Cl)cc2)CC1. The van der Waals surface area contributed by atoms with Crippen LogP contribution >= 0.6 is 11.6 Å². The van der Waals surface area contributed by atoms with E-state index in [4.69, 9.17) is 11.6 Å². The molecule has 0 aliphatic carbocycles. The maximum atomic E-state index is 12.8. The average Bonchev–Trinajstić information content (AvgIpc) is 2.63. The molecule has 0 spiro atoms. The number of piperidine rings is 1. The Hall–Kier alpha value is -2.60. The van der Waals surface area contributed by atoms with Crippen LogP contribution in [0.5, 0.6) is 0 Å². The van der Waals surface area contributed by atoms with E-state index in [2.05, 4.69) is 17.1 Å². The Labute approximate surface area is 156 Å². The second-order valence-electron chi connectivity index (χ2n) is 6.59. The molecule has 0 unspecified atom stereocenters. The summed E-state index contributed by atoms with van der Waals surface area (Å²) in [4.78, 5) is 25.6. The van der Waals surface area contributed by atoms with E-state index in [1.165, 1.54) is 12.1 Å². The summed E-state index contributed by atoms with van der Waals surface area (Å²) >= 11 is 5.87. The van der Waals surface area contributed by atoms with Crippen LogP contribution < -0.4 is 10.2 Å². The molecule has 1 amide bonds. The summed E-state index contributed by atoms with van der Waals surface area (Å²) in [7, 11) is 0. The summed E-state index contributed by atoms with van der Waals surface area (Å²) in [5.74, 6) is 0.278. The van der Waals surface area contributed by atoms with Gasteiger partial charge in [0.1, 0.15) is 0 Å². The van der Waals surface area contributed by atoms with Crippen molar-refractivity contribution in [2.24, 2.45) is 5.92 Å². The van der Waals surface area contributed by atoms with E-state index >= 15 is 0 Å². The molecule has 0 saturated carbocycles. The minimum absolute atomic E-state index is 0.0969. The zero-order chi connectivity index (χ0) is 18.7. The minimum atomic E-state index is -0.485. The highest BCUT2D eigenvalue weighted by Crippen LogP contribution is 2.30. The molecule has 1 aliphatic heterocycles. The van der Waals surface area contributed by atoms with Gasteiger partial charge in [-0.3, -0.25) is 14.9 Å². The molecule has 26 heavy (non-hydrogen) atoms. The Morgan fingerprint density at radius 2 is 1.85 bits per heavy atom. The molecule has 1 saturated heterocycles. The van der Waals surface area contributed by atoms with Crippen molar-refractivity contribution in [1.29, 1.82) is 0 Å². The Kier molecular flexibility index (Phi) is 5.42. The Morgan fingerprint density at radius 1 is 1.19 bits per heavy atom. The van der Waals surface area contributed by atoms with E-state index in [-0.39, 0.29) is 11.6 Å². The minimum Gasteiger partial charge on any atom is -0.371 e. The number of rotatable bonds is 4. The lowest BCUT2D eigenvalue weighted by Crippen LogP contribution is -2.34. The molecule has 1 N–H and O–H groups in total. The molecular weight excluding hydrogens is 354 g/mol. The van der Waals surface area contributed by atoms with Gasteiger partial charge in [0.25, 0.3) is 11.6 Å². The lowest BCUT2D eigenvalue weighted by atomic mass is 9.98. The lowest BCUT2D eigenvalue weighted by Gasteiger charge is -2.33. The van der Waals surface area contributed by atoms with Gasteiger partial charge in [-0.15, -0.1) is 0 Å². The van der Waals surface area contributed by atoms with Gasteiger partial charge < -0.3 is 10.2 Å². The van der Waals surface area contributed by atoms with Crippen molar-refractivity contribution in [3.63, 3.8) is 0 Å². The number of anilines is 2. The third-order valence-electron chi connectivity index (χ3n) is 4.66. The van der Waals surface area contributed by atoms with Gasteiger partial charge in [-0.25, -0.2) is 0 Å². The first-order valence-electron chi connectivity index (χ1n) is 8.54. The lowest BCUT2D eigenvalue weighted by molar-refractivity contribution is -0.384. The van der Waals surface area contributed by atoms with Gasteiger partial charge in [-0.1, -0.05) is 18.5 Å². The van der Waals surface area contributed by atoms with Crippen LogP contribution in [0, 0.1) is 16.0 Å². The van der Waals surface area contributed by atoms with Gasteiger partial charge in [-0.05, 0) is 49.1 Å². The summed E-state index contributed by atoms with van der Waals surface area (Å²) in [6.45, 7) is 3.88. The van der Waals surface area contributed by atoms with E-state index in [0.29, 0.717) is 22.2 Å². The van der Waals surface area contributed by atoms with Crippen molar-refractivity contribution < 1.29 is 9.72 Å². The first-order valence-corrected chi connectivity index (χ1v) is 8.92. The highest BCUT2D eigenvalue weighted by Gasteiger charge is 2.23. The molecule has 1 aliphatic rings. The predicted octanol–water partition coefficient (Wildman–Crippen LogP) is 4.74. The van der Waals surface area contributed by atoms with Crippen LogP contribution in [0.15, 0.2) is 42.5 Å². The average molecular weight is 374 g/mol. The predicted molar refractivity (Wildman–Crippen MR) is 103 cm³/mol. The number of hydrogen-bond acceptors (Lipinski definition) is 4. The van der Waals surface area contributed by atoms with Crippen LogP contribution in [0.4, 0.5) is 17.1 Å². The van der Waals surface area contributed by atoms with Crippen molar-refractivity contribution >= 4 is 34.6 Å². The van der Waals surface area contributed by atoms with E-state index in [1.807, 2.05) is 0 Å². The van der Waals surface area contributed by atoms with Gasteiger partial charge in [0, 0.05) is 35.9 Å². The fourth-order valence-electron chi connectivity index (χ4n) is 3.08. The number of nitro groups is 1. The first-order chi connectivity index (χ1) is 12.4. The van der Waals surface area contributed by atoms with Gasteiger partial charge in [-0.2, -0.15) is 0 Å². The molecule has 0 aromatic heterocycles. The summed E-state index contributed by atoms with van der Waals surface area (Å²) in [6, 6.07) is 11.2. The van der Waals surface area contributed by atoms with Crippen LogP contribution in [-0.4, -0.2) is 23.9 Å². The number of non-ortho nitro benzene ring substituents is 1. The summed E-state index contributed by atoms with van der Waals surface area (Å²) < 4.78 is 0. The Morgan fingerprint density at radius 3 is 2.46 bits per heavy atom.